The highest BCUT2D eigenvalue weighted by atomic mass is 19.4. The predicted octanol–water partition coefficient (Wildman–Crippen LogP) is 0.917. The first-order valence-electron chi connectivity index (χ1n) is 7.16. The zero-order valence-electron chi connectivity index (χ0n) is 12.8. The fourth-order valence-corrected chi connectivity index (χ4v) is 2.57. The lowest BCUT2D eigenvalue weighted by Crippen LogP contribution is -2.48. The average Bonchev–Trinajstić information content (AvgIpc) is 2.80. The van der Waals surface area contributed by atoms with Crippen LogP contribution in [0.2, 0.25) is 0 Å². The van der Waals surface area contributed by atoms with Gasteiger partial charge in [0.1, 0.15) is 25.3 Å². The highest BCUT2D eigenvalue weighted by Gasteiger charge is 2.52. The van der Waals surface area contributed by atoms with Gasteiger partial charge < -0.3 is 20.0 Å². The molecule has 1 aliphatic heterocycles. The molecule has 0 unspecified atom stereocenters. The summed E-state index contributed by atoms with van der Waals surface area (Å²) in [5.74, 6) is -2.12. The molecular weight excluding hydrogens is 329 g/mol. The molecule has 1 saturated heterocycles. The molecule has 132 valence electrons. The van der Waals surface area contributed by atoms with Crippen molar-refractivity contribution in [2.24, 2.45) is 0 Å². The van der Waals surface area contributed by atoms with Gasteiger partial charge >= 0.3 is 12.1 Å². The molecule has 1 aliphatic rings. The van der Waals surface area contributed by atoms with Crippen molar-refractivity contribution in [3.8, 4) is 0 Å². The molecule has 0 saturated carbocycles. The van der Waals surface area contributed by atoms with E-state index in [2.05, 4.69) is 0 Å². The SMILES string of the molecule is C/[N+]([O-])=C/[C@@H]1[C@@H](OCc2ccccc2)[C@H](O)CN1C(=O)C(F)(F)F. The number of alkyl halides is 3. The number of halogens is 3. The number of hydrogen-bond donors (Lipinski definition) is 1. The first-order valence-corrected chi connectivity index (χ1v) is 7.16. The third kappa shape index (κ3) is 4.24. The summed E-state index contributed by atoms with van der Waals surface area (Å²) in [5, 5.41) is 21.3. The average molecular weight is 346 g/mol. The zero-order chi connectivity index (χ0) is 17.9. The van der Waals surface area contributed by atoms with Crippen LogP contribution in [0.5, 0.6) is 0 Å². The van der Waals surface area contributed by atoms with Crippen LogP contribution < -0.4 is 0 Å². The monoisotopic (exact) mass is 346 g/mol. The second-order valence-electron chi connectivity index (χ2n) is 5.47. The first kappa shape index (κ1) is 18.2. The number of carbonyl (C=O) groups is 1. The lowest BCUT2D eigenvalue weighted by Gasteiger charge is -2.24. The Kier molecular flexibility index (Phi) is 5.45. The van der Waals surface area contributed by atoms with E-state index in [0.29, 0.717) is 4.90 Å². The molecule has 0 spiro atoms. The van der Waals surface area contributed by atoms with Crippen LogP contribution in [0.1, 0.15) is 5.56 Å². The zero-order valence-corrected chi connectivity index (χ0v) is 12.8. The number of β-amino-alcohol motifs (C(OH)–C–C–N with tert-alkyl or cyclic N) is 1. The molecule has 1 fully saturated rings. The van der Waals surface area contributed by atoms with Crippen LogP contribution in [0.25, 0.3) is 0 Å². The van der Waals surface area contributed by atoms with Crippen LogP contribution in [-0.4, -0.2) is 64.9 Å². The lowest BCUT2D eigenvalue weighted by atomic mass is 10.1. The van der Waals surface area contributed by atoms with Gasteiger partial charge in [-0.2, -0.15) is 13.2 Å². The Balaban J connectivity index is 2.19. The van der Waals surface area contributed by atoms with Gasteiger partial charge in [0, 0.05) is 0 Å². The maximum Gasteiger partial charge on any atom is 0.471 e. The van der Waals surface area contributed by atoms with E-state index in [1.807, 2.05) is 0 Å². The van der Waals surface area contributed by atoms with Crippen molar-refractivity contribution in [3.63, 3.8) is 0 Å². The Morgan fingerprint density at radius 3 is 2.62 bits per heavy atom. The fraction of sp³-hybridized carbons (Fsp3) is 0.467. The number of benzene rings is 1. The number of ether oxygens (including phenoxy) is 1. The Bertz CT molecular complexity index is 602. The van der Waals surface area contributed by atoms with Crippen LogP contribution in [0.15, 0.2) is 30.3 Å². The number of rotatable bonds is 4. The third-order valence-electron chi connectivity index (χ3n) is 3.61. The summed E-state index contributed by atoms with van der Waals surface area (Å²) in [6.07, 6.45) is -6.67. The molecular formula is C15H17F3N2O4. The minimum absolute atomic E-state index is 0.0313. The second-order valence-corrected chi connectivity index (χ2v) is 5.47. The van der Waals surface area contributed by atoms with E-state index < -0.39 is 36.9 Å². The van der Waals surface area contributed by atoms with Crippen molar-refractivity contribution in [2.75, 3.05) is 13.6 Å². The molecule has 3 atom stereocenters. The topological polar surface area (TPSA) is 75.8 Å². The van der Waals surface area contributed by atoms with Crippen LogP contribution in [0.3, 0.4) is 0 Å². The summed E-state index contributed by atoms with van der Waals surface area (Å²) < 4.78 is 43.9. The summed E-state index contributed by atoms with van der Waals surface area (Å²) in [4.78, 5) is 11.9. The molecule has 2 rings (SSSR count). The van der Waals surface area contributed by atoms with Crippen molar-refractivity contribution in [3.05, 3.63) is 41.1 Å². The quantitative estimate of drug-likeness (QED) is 0.381. The molecule has 0 aliphatic carbocycles. The number of hydrogen-bond acceptors (Lipinski definition) is 4. The van der Waals surface area contributed by atoms with Gasteiger partial charge in [0.25, 0.3) is 0 Å². The van der Waals surface area contributed by atoms with Gasteiger partial charge in [-0.1, -0.05) is 30.3 Å². The van der Waals surface area contributed by atoms with E-state index in [9.17, 15) is 28.3 Å². The van der Waals surface area contributed by atoms with Crippen molar-refractivity contribution in [2.45, 2.75) is 31.0 Å². The van der Waals surface area contributed by atoms with Crippen LogP contribution in [0.4, 0.5) is 13.2 Å². The van der Waals surface area contributed by atoms with Gasteiger partial charge in [0.15, 0.2) is 6.21 Å². The van der Waals surface area contributed by atoms with Gasteiger partial charge in [-0.05, 0) is 5.56 Å². The number of aliphatic hydroxyl groups is 1. The largest absolute Gasteiger partial charge is 0.624 e. The summed E-state index contributed by atoms with van der Waals surface area (Å²) >= 11 is 0. The summed E-state index contributed by atoms with van der Waals surface area (Å²) in [6.45, 7) is -0.531. The molecule has 1 heterocycles. The maximum atomic E-state index is 12.7. The highest BCUT2D eigenvalue weighted by molar-refractivity contribution is 5.85. The third-order valence-corrected chi connectivity index (χ3v) is 3.61. The molecule has 0 bridgehead atoms. The standard InChI is InChI=1S/C15H17F3N2O4/c1-19(23)7-11-13(24-9-10-5-3-2-4-6-10)12(21)8-20(11)14(22)15(16,17)18/h2-7,11-13,21H,8-9H2,1H3/b19-7-/t11-,12-,13-/m1/s1. The van der Waals surface area contributed by atoms with Crippen molar-refractivity contribution >= 4 is 12.1 Å². The first-order chi connectivity index (χ1) is 11.2. The molecule has 1 N–H and O–H groups in total. The normalized spacial score (nSPS) is 25.1. The van der Waals surface area contributed by atoms with E-state index in [1.54, 1.807) is 30.3 Å². The number of likely N-dealkylation sites (tertiary alicyclic amines) is 1. The summed E-state index contributed by atoms with van der Waals surface area (Å²) in [5.41, 5.74) is 0.750. The van der Waals surface area contributed by atoms with Gasteiger partial charge in [-0.3, -0.25) is 4.79 Å². The van der Waals surface area contributed by atoms with Gasteiger partial charge in [0.05, 0.1) is 13.2 Å². The molecule has 1 aromatic rings. The van der Waals surface area contributed by atoms with E-state index >= 15 is 0 Å². The predicted molar refractivity (Wildman–Crippen MR) is 78.2 cm³/mol. The minimum atomic E-state index is -5.10. The van der Waals surface area contributed by atoms with Gasteiger partial charge in [-0.25, -0.2) is 4.74 Å². The highest BCUT2D eigenvalue weighted by Crippen LogP contribution is 2.27. The summed E-state index contributed by atoms with van der Waals surface area (Å²) in [6, 6.07) is 7.51. The number of carbonyl (C=O) groups excluding carboxylic acids is 1. The van der Waals surface area contributed by atoms with Gasteiger partial charge in [-0.15, -0.1) is 0 Å². The smallest absolute Gasteiger partial charge is 0.471 e. The number of nitrogens with zero attached hydrogens (tertiary/aromatic N) is 2. The summed E-state index contributed by atoms with van der Waals surface area (Å²) in [7, 11) is 1.08. The van der Waals surface area contributed by atoms with Crippen LogP contribution in [-0.2, 0) is 16.1 Å². The molecule has 1 amide bonds. The number of hydroxylamine groups is 1. The second kappa shape index (κ2) is 7.18. The molecule has 6 nitrogen and oxygen atoms in total. The van der Waals surface area contributed by atoms with Crippen molar-refractivity contribution < 1.29 is 32.5 Å². The van der Waals surface area contributed by atoms with E-state index in [4.69, 9.17) is 4.74 Å². The van der Waals surface area contributed by atoms with Crippen LogP contribution >= 0.6 is 0 Å². The molecule has 0 aromatic heterocycles. The Morgan fingerprint density at radius 1 is 1.46 bits per heavy atom. The van der Waals surface area contributed by atoms with Crippen molar-refractivity contribution in [1.82, 2.24) is 4.90 Å². The molecule has 9 heteroatoms. The van der Waals surface area contributed by atoms with Gasteiger partial charge in [0.2, 0.25) is 0 Å². The van der Waals surface area contributed by atoms with Crippen molar-refractivity contribution in [1.29, 1.82) is 0 Å². The van der Waals surface area contributed by atoms with Crippen LogP contribution in [0, 0.1) is 5.21 Å². The minimum Gasteiger partial charge on any atom is -0.624 e. The molecule has 0 radical (unpaired) electrons. The number of amides is 1. The maximum absolute atomic E-state index is 12.7. The lowest BCUT2D eigenvalue weighted by molar-refractivity contribution is -0.420. The molecule has 1 aromatic carbocycles. The Hall–Kier alpha value is -2.13. The number of aliphatic hydroxyl groups excluding tert-OH is 1. The Morgan fingerprint density at radius 2 is 2.08 bits per heavy atom. The van der Waals surface area contributed by atoms with E-state index in [-0.39, 0.29) is 11.3 Å². The van der Waals surface area contributed by atoms with E-state index in [1.165, 1.54) is 0 Å². The molecule has 24 heavy (non-hydrogen) atoms. The fourth-order valence-electron chi connectivity index (χ4n) is 2.57. The van der Waals surface area contributed by atoms with E-state index in [0.717, 1.165) is 18.8 Å². The Labute approximate surface area is 136 Å².